The monoisotopic (exact) mass is 213 g/mol. The van der Waals surface area contributed by atoms with Crippen LogP contribution in [0.3, 0.4) is 0 Å². The quantitative estimate of drug-likeness (QED) is 0.779. The molecule has 0 amide bonds. The van der Waals surface area contributed by atoms with E-state index in [1.165, 1.54) is 12.8 Å². The van der Waals surface area contributed by atoms with Crippen LogP contribution in [0.25, 0.3) is 0 Å². The zero-order valence-corrected chi connectivity index (χ0v) is 10.8. The summed E-state index contributed by atoms with van der Waals surface area (Å²) >= 11 is 0. The van der Waals surface area contributed by atoms with Crippen molar-refractivity contribution in [2.75, 3.05) is 6.61 Å². The highest BCUT2D eigenvalue weighted by Gasteiger charge is 2.41. The van der Waals surface area contributed by atoms with E-state index in [2.05, 4.69) is 27.7 Å². The Bertz CT molecular complexity index is 183. The second-order valence-electron chi connectivity index (χ2n) is 5.45. The van der Waals surface area contributed by atoms with Crippen LogP contribution in [0.15, 0.2) is 0 Å². The summed E-state index contributed by atoms with van der Waals surface area (Å²) in [5, 5.41) is 0. The first-order chi connectivity index (χ1) is 7.02. The summed E-state index contributed by atoms with van der Waals surface area (Å²) in [5.41, 5.74) is 6.30. The van der Waals surface area contributed by atoms with Gasteiger partial charge < -0.3 is 10.5 Å². The van der Waals surface area contributed by atoms with E-state index in [0.29, 0.717) is 5.92 Å². The number of rotatable bonds is 4. The Kier molecular flexibility index (Phi) is 4.60. The van der Waals surface area contributed by atoms with Gasteiger partial charge in [-0.25, -0.2) is 0 Å². The summed E-state index contributed by atoms with van der Waals surface area (Å²) < 4.78 is 6.02. The molecule has 15 heavy (non-hydrogen) atoms. The van der Waals surface area contributed by atoms with Gasteiger partial charge in [0.25, 0.3) is 0 Å². The highest BCUT2D eigenvalue weighted by molar-refractivity contribution is 4.96. The van der Waals surface area contributed by atoms with Crippen LogP contribution in [0.4, 0.5) is 0 Å². The molecular formula is C13H27NO. The van der Waals surface area contributed by atoms with Crippen molar-refractivity contribution in [1.82, 2.24) is 0 Å². The standard InChI is InChI=1S/C13H27NO/c1-5-15-13(12(14)10(2)3)8-6-11(4)7-9-13/h10-12H,5-9,14H2,1-4H3. The van der Waals surface area contributed by atoms with E-state index < -0.39 is 0 Å². The predicted octanol–water partition coefficient (Wildman–Crippen LogP) is 2.96. The summed E-state index contributed by atoms with van der Waals surface area (Å²) in [7, 11) is 0. The topological polar surface area (TPSA) is 35.2 Å². The number of nitrogens with two attached hydrogens (primary N) is 1. The fourth-order valence-electron chi connectivity index (χ4n) is 2.72. The molecule has 1 aliphatic carbocycles. The van der Waals surface area contributed by atoms with Gasteiger partial charge in [0.1, 0.15) is 0 Å². The van der Waals surface area contributed by atoms with Crippen LogP contribution >= 0.6 is 0 Å². The largest absolute Gasteiger partial charge is 0.374 e. The molecule has 1 fully saturated rings. The molecule has 2 N–H and O–H groups in total. The molecule has 0 bridgehead atoms. The Morgan fingerprint density at radius 2 is 1.87 bits per heavy atom. The van der Waals surface area contributed by atoms with Crippen LogP contribution in [-0.2, 0) is 4.74 Å². The van der Waals surface area contributed by atoms with Crippen LogP contribution in [0, 0.1) is 11.8 Å². The van der Waals surface area contributed by atoms with Gasteiger partial charge in [0.15, 0.2) is 0 Å². The lowest BCUT2D eigenvalue weighted by molar-refractivity contribution is -0.0968. The van der Waals surface area contributed by atoms with Crippen LogP contribution in [0.2, 0.25) is 0 Å². The lowest BCUT2D eigenvalue weighted by Crippen LogP contribution is -2.54. The van der Waals surface area contributed by atoms with E-state index in [9.17, 15) is 0 Å². The zero-order chi connectivity index (χ0) is 11.5. The van der Waals surface area contributed by atoms with Crippen molar-refractivity contribution in [1.29, 1.82) is 0 Å². The summed E-state index contributed by atoms with van der Waals surface area (Å²) in [6.07, 6.45) is 4.81. The van der Waals surface area contributed by atoms with Crippen molar-refractivity contribution in [3.8, 4) is 0 Å². The number of hydrogen-bond acceptors (Lipinski definition) is 2. The summed E-state index contributed by atoms with van der Waals surface area (Å²) in [5.74, 6) is 1.35. The SMILES string of the molecule is CCOC1(C(N)C(C)C)CCC(C)CC1. The molecule has 1 unspecified atom stereocenters. The smallest absolute Gasteiger partial charge is 0.0835 e. The first kappa shape index (κ1) is 13.0. The Hall–Kier alpha value is -0.0800. The molecule has 1 aliphatic rings. The third kappa shape index (κ3) is 2.94. The first-order valence-electron chi connectivity index (χ1n) is 6.41. The van der Waals surface area contributed by atoms with Crippen LogP contribution < -0.4 is 5.73 Å². The molecule has 0 saturated heterocycles. The zero-order valence-electron chi connectivity index (χ0n) is 10.8. The number of ether oxygens (including phenoxy) is 1. The van der Waals surface area contributed by atoms with Crippen LogP contribution in [0.5, 0.6) is 0 Å². The fraction of sp³-hybridized carbons (Fsp3) is 1.00. The van der Waals surface area contributed by atoms with Crippen molar-refractivity contribution in [2.24, 2.45) is 17.6 Å². The van der Waals surface area contributed by atoms with Gasteiger partial charge >= 0.3 is 0 Å². The molecule has 0 heterocycles. The molecule has 0 aliphatic heterocycles. The molecule has 1 atom stereocenters. The van der Waals surface area contributed by atoms with E-state index in [1.807, 2.05) is 0 Å². The molecule has 0 spiro atoms. The Balaban J connectivity index is 2.70. The molecule has 0 aromatic heterocycles. The fourth-order valence-corrected chi connectivity index (χ4v) is 2.72. The molecule has 0 aromatic carbocycles. The minimum Gasteiger partial charge on any atom is -0.374 e. The molecule has 1 rings (SSSR count). The Morgan fingerprint density at radius 3 is 2.27 bits per heavy atom. The highest BCUT2D eigenvalue weighted by Crippen LogP contribution is 2.38. The third-order valence-electron chi connectivity index (χ3n) is 3.88. The first-order valence-corrected chi connectivity index (χ1v) is 6.41. The summed E-state index contributed by atoms with van der Waals surface area (Å²) in [4.78, 5) is 0. The maximum absolute atomic E-state index is 6.33. The van der Waals surface area contributed by atoms with E-state index >= 15 is 0 Å². The predicted molar refractivity (Wildman–Crippen MR) is 64.8 cm³/mol. The molecule has 0 radical (unpaired) electrons. The van der Waals surface area contributed by atoms with Gasteiger partial charge in [0, 0.05) is 12.6 Å². The van der Waals surface area contributed by atoms with Gasteiger partial charge in [-0.15, -0.1) is 0 Å². The minimum atomic E-state index is -0.0323. The van der Waals surface area contributed by atoms with Crippen molar-refractivity contribution >= 4 is 0 Å². The molecular weight excluding hydrogens is 186 g/mol. The van der Waals surface area contributed by atoms with E-state index in [-0.39, 0.29) is 11.6 Å². The molecule has 1 saturated carbocycles. The van der Waals surface area contributed by atoms with Gasteiger partial charge in [0.2, 0.25) is 0 Å². The van der Waals surface area contributed by atoms with E-state index in [1.54, 1.807) is 0 Å². The third-order valence-corrected chi connectivity index (χ3v) is 3.88. The Morgan fingerprint density at radius 1 is 1.33 bits per heavy atom. The normalized spacial score (nSPS) is 34.4. The van der Waals surface area contributed by atoms with Crippen molar-refractivity contribution in [2.45, 2.75) is 65.0 Å². The van der Waals surface area contributed by atoms with Gasteiger partial charge in [-0.2, -0.15) is 0 Å². The molecule has 2 heteroatoms. The lowest BCUT2D eigenvalue weighted by atomic mass is 9.72. The van der Waals surface area contributed by atoms with Crippen LogP contribution in [-0.4, -0.2) is 18.2 Å². The van der Waals surface area contributed by atoms with Gasteiger partial charge in [0.05, 0.1) is 5.60 Å². The number of hydrogen-bond donors (Lipinski definition) is 1. The Labute approximate surface area is 94.6 Å². The summed E-state index contributed by atoms with van der Waals surface area (Å²) in [6.45, 7) is 9.59. The van der Waals surface area contributed by atoms with Crippen LogP contribution in [0.1, 0.15) is 53.4 Å². The average molecular weight is 213 g/mol. The lowest BCUT2D eigenvalue weighted by Gasteiger charge is -2.44. The second kappa shape index (κ2) is 5.31. The van der Waals surface area contributed by atoms with E-state index in [0.717, 1.165) is 25.4 Å². The van der Waals surface area contributed by atoms with Crippen molar-refractivity contribution < 1.29 is 4.74 Å². The molecule has 90 valence electrons. The molecule has 0 aromatic rings. The van der Waals surface area contributed by atoms with Gasteiger partial charge in [-0.3, -0.25) is 0 Å². The van der Waals surface area contributed by atoms with Gasteiger partial charge in [-0.1, -0.05) is 20.8 Å². The van der Waals surface area contributed by atoms with Crippen molar-refractivity contribution in [3.05, 3.63) is 0 Å². The maximum Gasteiger partial charge on any atom is 0.0835 e. The second-order valence-corrected chi connectivity index (χ2v) is 5.45. The highest BCUT2D eigenvalue weighted by atomic mass is 16.5. The minimum absolute atomic E-state index is 0.0323. The van der Waals surface area contributed by atoms with Gasteiger partial charge in [-0.05, 0) is 44.4 Å². The molecule has 2 nitrogen and oxygen atoms in total. The maximum atomic E-state index is 6.33. The van der Waals surface area contributed by atoms with E-state index in [4.69, 9.17) is 10.5 Å². The van der Waals surface area contributed by atoms with Crippen molar-refractivity contribution in [3.63, 3.8) is 0 Å². The summed E-state index contributed by atoms with van der Waals surface area (Å²) in [6, 6.07) is 0.185. The average Bonchev–Trinajstić information content (AvgIpc) is 2.21.